The predicted octanol–water partition coefficient (Wildman–Crippen LogP) is 2.22. The van der Waals surface area contributed by atoms with E-state index in [1.54, 1.807) is 0 Å². The number of carbonyl (C=O) groups excluding carboxylic acids is 1. The minimum Gasteiger partial charge on any atom is -0.353 e. The average Bonchev–Trinajstić information content (AvgIpc) is 2.83. The molecule has 4 heteroatoms. The van der Waals surface area contributed by atoms with Crippen LogP contribution in [-0.4, -0.2) is 30.9 Å². The molecule has 1 heterocycles. The lowest BCUT2D eigenvalue weighted by Crippen LogP contribution is -2.45. The highest BCUT2D eigenvalue weighted by atomic mass is 16.7. The maximum absolute atomic E-state index is 12.0. The van der Waals surface area contributed by atoms with Crippen molar-refractivity contribution in [1.29, 1.82) is 0 Å². The van der Waals surface area contributed by atoms with E-state index >= 15 is 0 Å². The van der Waals surface area contributed by atoms with Gasteiger partial charge >= 0.3 is 0 Å². The van der Waals surface area contributed by atoms with E-state index in [0.29, 0.717) is 19.3 Å². The molecule has 0 radical (unpaired) electrons. The molecule has 1 spiro atoms. The van der Waals surface area contributed by atoms with Gasteiger partial charge in [-0.15, -0.1) is 0 Å². The molecule has 2 fully saturated rings. The summed E-state index contributed by atoms with van der Waals surface area (Å²) in [4.78, 5) is 12.0. The standard InChI is InChI=1S/C14H25NO3/c1-3-11(4-2)13(16)15-12-5-7-14(8-6-12)17-9-10-18-14/h11-12H,3-10H2,1-2H3,(H,15,16). The SMILES string of the molecule is CCC(CC)C(=O)NC1CCC2(CC1)OCCO2. The Bertz CT molecular complexity index is 273. The van der Waals surface area contributed by atoms with Crippen LogP contribution in [0.1, 0.15) is 52.4 Å². The number of rotatable bonds is 4. The third-order valence-electron chi connectivity index (χ3n) is 4.26. The van der Waals surface area contributed by atoms with Crippen LogP contribution in [0.25, 0.3) is 0 Å². The zero-order valence-electron chi connectivity index (χ0n) is 11.5. The van der Waals surface area contributed by atoms with E-state index in [1.807, 2.05) is 0 Å². The van der Waals surface area contributed by atoms with E-state index in [0.717, 1.165) is 38.5 Å². The van der Waals surface area contributed by atoms with E-state index in [-0.39, 0.29) is 17.6 Å². The number of nitrogens with one attached hydrogen (secondary N) is 1. The fraction of sp³-hybridized carbons (Fsp3) is 0.929. The van der Waals surface area contributed by atoms with Crippen LogP contribution in [0.5, 0.6) is 0 Å². The van der Waals surface area contributed by atoms with Crippen molar-refractivity contribution in [2.24, 2.45) is 5.92 Å². The van der Waals surface area contributed by atoms with Crippen molar-refractivity contribution in [3.63, 3.8) is 0 Å². The summed E-state index contributed by atoms with van der Waals surface area (Å²) >= 11 is 0. The normalized spacial score (nSPS) is 23.7. The van der Waals surface area contributed by atoms with Crippen LogP contribution in [0, 0.1) is 5.92 Å². The van der Waals surface area contributed by atoms with Crippen LogP contribution in [0.2, 0.25) is 0 Å². The van der Waals surface area contributed by atoms with Crippen molar-refractivity contribution in [2.45, 2.75) is 64.2 Å². The first-order valence-corrected chi connectivity index (χ1v) is 7.27. The van der Waals surface area contributed by atoms with E-state index in [2.05, 4.69) is 19.2 Å². The maximum Gasteiger partial charge on any atom is 0.223 e. The largest absolute Gasteiger partial charge is 0.353 e. The van der Waals surface area contributed by atoms with Crippen molar-refractivity contribution in [3.8, 4) is 0 Å². The second-order valence-corrected chi connectivity index (χ2v) is 5.40. The van der Waals surface area contributed by atoms with Gasteiger partial charge in [0.2, 0.25) is 5.91 Å². The summed E-state index contributed by atoms with van der Waals surface area (Å²) in [5.74, 6) is 0.0601. The Morgan fingerprint density at radius 3 is 2.28 bits per heavy atom. The van der Waals surface area contributed by atoms with E-state index in [9.17, 15) is 4.79 Å². The van der Waals surface area contributed by atoms with Gasteiger partial charge in [0.05, 0.1) is 13.2 Å². The fourth-order valence-electron chi connectivity index (χ4n) is 2.97. The molecule has 4 nitrogen and oxygen atoms in total. The zero-order chi connectivity index (χ0) is 13.0. The van der Waals surface area contributed by atoms with Crippen LogP contribution in [-0.2, 0) is 14.3 Å². The van der Waals surface area contributed by atoms with Gasteiger partial charge in [0.25, 0.3) is 0 Å². The highest BCUT2D eigenvalue weighted by molar-refractivity contribution is 5.78. The first kappa shape index (κ1) is 13.8. The van der Waals surface area contributed by atoms with Gasteiger partial charge in [-0.1, -0.05) is 13.8 Å². The molecular formula is C14H25NO3. The molecule has 0 aromatic heterocycles. The molecule has 1 aliphatic carbocycles. The minimum absolute atomic E-state index is 0.167. The summed E-state index contributed by atoms with van der Waals surface area (Å²) in [5.41, 5.74) is 0. The Kier molecular flexibility index (Phi) is 4.62. The van der Waals surface area contributed by atoms with Gasteiger partial charge in [-0.3, -0.25) is 4.79 Å². The van der Waals surface area contributed by atoms with Gasteiger partial charge in [0.15, 0.2) is 5.79 Å². The molecule has 0 atom stereocenters. The quantitative estimate of drug-likeness (QED) is 0.838. The number of ether oxygens (including phenoxy) is 2. The molecule has 2 rings (SSSR count). The van der Waals surface area contributed by atoms with Gasteiger partial charge in [0, 0.05) is 24.8 Å². The smallest absolute Gasteiger partial charge is 0.223 e. The summed E-state index contributed by atoms with van der Waals surface area (Å²) in [6.45, 7) is 5.57. The van der Waals surface area contributed by atoms with Crippen LogP contribution < -0.4 is 5.32 Å². The van der Waals surface area contributed by atoms with Crippen LogP contribution >= 0.6 is 0 Å². The lowest BCUT2D eigenvalue weighted by molar-refractivity contribution is -0.180. The molecule has 1 saturated carbocycles. The van der Waals surface area contributed by atoms with Crippen LogP contribution in [0.3, 0.4) is 0 Å². The molecule has 1 aliphatic heterocycles. The molecule has 104 valence electrons. The molecule has 0 bridgehead atoms. The summed E-state index contributed by atoms with van der Waals surface area (Å²) in [7, 11) is 0. The molecule has 0 aromatic carbocycles. The van der Waals surface area contributed by atoms with Crippen LogP contribution in [0.4, 0.5) is 0 Å². The molecule has 0 aromatic rings. The Morgan fingerprint density at radius 2 is 1.78 bits per heavy atom. The van der Waals surface area contributed by atoms with Gasteiger partial charge < -0.3 is 14.8 Å². The van der Waals surface area contributed by atoms with Crippen molar-refractivity contribution in [2.75, 3.05) is 13.2 Å². The molecule has 1 saturated heterocycles. The maximum atomic E-state index is 12.0. The Balaban J connectivity index is 1.78. The van der Waals surface area contributed by atoms with Gasteiger partial charge in [0.1, 0.15) is 0 Å². The third kappa shape index (κ3) is 3.04. The summed E-state index contributed by atoms with van der Waals surface area (Å²) < 4.78 is 11.4. The number of hydrogen-bond donors (Lipinski definition) is 1. The zero-order valence-corrected chi connectivity index (χ0v) is 11.5. The average molecular weight is 255 g/mol. The van der Waals surface area contributed by atoms with Crippen molar-refractivity contribution in [3.05, 3.63) is 0 Å². The number of amides is 1. The predicted molar refractivity (Wildman–Crippen MR) is 69.1 cm³/mol. The van der Waals surface area contributed by atoms with Crippen LogP contribution in [0.15, 0.2) is 0 Å². The van der Waals surface area contributed by atoms with Gasteiger partial charge in [-0.2, -0.15) is 0 Å². The molecule has 0 unspecified atom stereocenters. The Morgan fingerprint density at radius 1 is 1.22 bits per heavy atom. The summed E-state index contributed by atoms with van der Waals surface area (Å²) in [6, 6.07) is 0.302. The molecule has 18 heavy (non-hydrogen) atoms. The van der Waals surface area contributed by atoms with Gasteiger partial charge in [-0.05, 0) is 25.7 Å². The topological polar surface area (TPSA) is 47.6 Å². The fourth-order valence-corrected chi connectivity index (χ4v) is 2.97. The van der Waals surface area contributed by atoms with E-state index < -0.39 is 0 Å². The summed E-state index contributed by atoms with van der Waals surface area (Å²) in [6.07, 6.45) is 5.58. The highest BCUT2D eigenvalue weighted by Gasteiger charge is 2.40. The highest BCUT2D eigenvalue weighted by Crippen LogP contribution is 2.35. The number of hydrogen-bond acceptors (Lipinski definition) is 3. The minimum atomic E-state index is -0.323. The van der Waals surface area contributed by atoms with E-state index in [4.69, 9.17) is 9.47 Å². The van der Waals surface area contributed by atoms with Crippen molar-refractivity contribution in [1.82, 2.24) is 5.32 Å². The van der Waals surface area contributed by atoms with Gasteiger partial charge in [-0.25, -0.2) is 0 Å². The Hall–Kier alpha value is -0.610. The molecule has 1 N–H and O–H groups in total. The lowest BCUT2D eigenvalue weighted by Gasteiger charge is -2.36. The Labute approximate surface area is 109 Å². The van der Waals surface area contributed by atoms with E-state index in [1.165, 1.54) is 0 Å². The molecule has 1 amide bonds. The van der Waals surface area contributed by atoms with Crippen molar-refractivity contribution < 1.29 is 14.3 Å². The second kappa shape index (κ2) is 6.02. The molecule has 2 aliphatic rings. The van der Waals surface area contributed by atoms with Crippen molar-refractivity contribution >= 4 is 5.91 Å². The first-order valence-electron chi connectivity index (χ1n) is 7.27. The number of carbonyl (C=O) groups is 1. The summed E-state index contributed by atoms with van der Waals surface area (Å²) in [5, 5.41) is 3.18. The first-order chi connectivity index (χ1) is 8.69. The monoisotopic (exact) mass is 255 g/mol. The third-order valence-corrected chi connectivity index (χ3v) is 4.26. The second-order valence-electron chi connectivity index (χ2n) is 5.40. The lowest BCUT2D eigenvalue weighted by atomic mass is 9.89. The molecular weight excluding hydrogens is 230 g/mol.